The van der Waals surface area contributed by atoms with E-state index >= 15 is 0 Å². The second-order valence-electron chi connectivity index (χ2n) is 8.40. The maximum absolute atomic E-state index is 5.06. The number of hydrogen-bond acceptors (Lipinski definition) is 4. The molecule has 31 heavy (non-hydrogen) atoms. The highest BCUT2D eigenvalue weighted by molar-refractivity contribution is 5.86. The second kappa shape index (κ2) is 9.34. The quantitative estimate of drug-likeness (QED) is 0.646. The molecule has 1 saturated heterocycles. The van der Waals surface area contributed by atoms with Crippen LogP contribution >= 0.6 is 0 Å². The van der Waals surface area contributed by atoms with Gasteiger partial charge in [0.2, 0.25) is 5.96 Å². The summed E-state index contributed by atoms with van der Waals surface area (Å²) in [7, 11) is 2.05. The fourth-order valence-corrected chi connectivity index (χ4v) is 4.34. The first kappa shape index (κ1) is 21.1. The highest BCUT2D eigenvalue weighted by Crippen LogP contribution is 2.32. The van der Waals surface area contributed by atoms with E-state index in [0.717, 1.165) is 61.7 Å². The molecule has 0 spiro atoms. The van der Waals surface area contributed by atoms with E-state index in [0.29, 0.717) is 5.92 Å². The van der Waals surface area contributed by atoms with Crippen LogP contribution in [-0.2, 0) is 6.42 Å². The number of allylic oxidation sites excluding steroid dienone is 3. The molecular weight excluding hydrogens is 380 g/mol. The summed E-state index contributed by atoms with van der Waals surface area (Å²) < 4.78 is 0. The van der Waals surface area contributed by atoms with Crippen LogP contribution in [0.4, 0.5) is 0 Å². The molecule has 1 aromatic rings. The van der Waals surface area contributed by atoms with Gasteiger partial charge in [0.25, 0.3) is 0 Å². The Hall–Kier alpha value is -3.14. The van der Waals surface area contributed by atoms with Crippen LogP contribution in [-0.4, -0.2) is 42.1 Å². The minimum absolute atomic E-state index is 0.422. The van der Waals surface area contributed by atoms with Gasteiger partial charge in [-0.15, -0.1) is 0 Å². The Labute approximate surface area is 186 Å². The fraction of sp³-hybridized carbons (Fsp3) is 0.333. The predicted octanol–water partition coefficient (Wildman–Crippen LogP) is 5.59. The summed E-state index contributed by atoms with van der Waals surface area (Å²) >= 11 is 0. The van der Waals surface area contributed by atoms with Crippen molar-refractivity contribution in [3.8, 4) is 0 Å². The maximum Gasteiger partial charge on any atom is 0.206 e. The number of nitrogens with zero attached hydrogens (tertiary/aromatic N) is 4. The zero-order valence-electron chi connectivity index (χ0n) is 18.7. The maximum atomic E-state index is 5.06. The number of aliphatic imine (C=N–C) groups is 2. The number of benzene rings is 1. The van der Waals surface area contributed by atoms with E-state index < -0.39 is 0 Å². The molecule has 0 saturated carbocycles. The van der Waals surface area contributed by atoms with E-state index in [2.05, 4.69) is 78.3 Å². The molecule has 3 aliphatic heterocycles. The van der Waals surface area contributed by atoms with Gasteiger partial charge in [0, 0.05) is 50.6 Å². The van der Waals surface area contributed by atoms with E-state index in [1.165, 1.54) is 16.7 Å². The van der Waals surface area contributed by atoms with Crippen LogP contribution in [0.1, 0.15) is 37.3 Å². The molecule has 1 fully saturated rings. The normalized spacial score (nSPS) is 21.4. The van der Waals surface area contributed by atoms with Crippen molar-refractivity contribution in [3.63, 3.8) is 0 Å². The summed E-state index contributed by atoms with van der Waals surface area (Å²) in [4.78, 5) is 13.8. The monoisotopic (exact) mass is 412 g/mol. The van der Waals surface area contributed by atoms with Gasteiger partial charge in [-0.05, 0) is 53.7 Å². The first-order valence-electron chi connectivity index (χ1n) is 11.2. The fourth-order valence-electron chi connectivity index (χ4n) is 4.34. The molecule has 0 N–H and O–H groups in total. The third kappa shape index (κ3) is 4.63. The molecule has 0 bridgehead atoms. The first-order valence-corrected chi connectivity index (χ1v) is 11.2. The van der Waals surface area contributed by atoms with E-state index in [1.54, 1.807) is 0 Å². The molecule has 3 aliphatic rings. The summed E-state index contributed by atoms with van der Waals surface area (Å²) in [6.07, 6.45) is 14.2. The summed E-state index contributed by atoms with van der Waals surface area (Å²) in [6, 6.07) is 8.89. The first-order chi connectivity index (χ1) is 15.1. The van der Waals surface area contributed by atoms with E-state index in [4.69, 9.17) is 4.99 Å². The van der Waals surface area contributed by atoms with E-state index in [1.807, 2.05) is 18.5 Å². The van der Waals surface area contributed by atoms with Crippen molar-refractivity contribution in [1.82, 2.24) is 9.80 Å². The minimum Gasteiger partial charge on any atom is -0.342 e. The summed E-state index contributed by atoms with van der Waals surface area (Å²) in [6.45, 7) is 12.9. The van der Waals surface area contributed by atoms with Gasteiger partial charge in [0.1, 0.15) is 0 Å². The van der Waals surface area contributed by atoms with Gasteiger partial charge in [0.05, 0.1) is 5.70 Å². The molecule has 4 nitrogen and oxygen atoms in total. The molecular formula is C27H32N4. The molecule has 0 amide bonds. The van der Waals surface area contributed by atoms with Gasteiger partial charge in [-0.1, -0.05) is 50.4 Å². The SMILES string of the molecule is C=C(c1ccc(CC)cc1)C1CCCN(C2=NC(C3=CCC=NC=C3)=CC(=C)N2C)C1. The Morgan fingerprint density at radius 2 is 2.03 bits per heavy atom. The van der Waals surface area contributed by atoms with Crippen LogP contribution in [0.2, 0.25) is 0 Å². The van der Waals surface area contributed by atoms with Gasteiger partial charge in [-0.25, -0.2) is 4.99 Å². The average Bonchev–Trinajstić information content (AvgIpc) is 3.10. The van der Waals surface area contributed by atoms with Crippen LogP contribution < -0.4 is 0 Å². The zero-order chi connectivity index (χ0) is 21.8. The van der Waals surface area contributed by atoms with Gasteiger partial charge in [-0.2, -0.15) is 0 Å². The highest BCUT2D eigenvalue weighted by Gasteiger charge is 2.29. The number of piperidine rings is 1. The van der Waals surface area contributed by atoms with Gasteiger partial charge in [0.15, 0.2) is 0 Å². The molecule has 0 radical (unpaired) electrons. The molecule has 4 heteroatoms. The smallest absolute Gasteiger partial charge is 0.206 e. The van der Waals surface area contributed by atoms with Crippen LogP contribution in [0.3, 0.4) is 0 Å². The van der Waals surface area contributed by atoms with Crippen LogP contribution in [0.15, 0.2) is 88.8 Å². The Balaban J connectivity index is 1.54. The number of likely N-dealkylation sites (tertiary alicyclic amines) is 1. The van der Waals surface area contributed by atoms with Gasteiger partial charge >= 0.3 is 0 Å². The molecule has 1 aromatic carbocycles. The molecule has 0 aliphatic carbocycles. The van der Waals surface area contributed by atoms with Crippen molar-refractivity contribution in [2.75, 3.05) is 20.1 Å². The Morgan fingerprint density at radius 1 is 1.23 bits per heavy atom. The molecule has 4 rings (SSSR count). The lowest BCUT2D eigenvalue weighted by atomic mass is 9.87. The largest absolute Gasteiger partial charge is 0.342 e. The predicted molar refractivity (Wildman–Crippen MR) is 132 cm³/mol. The second-order valence-corrected chi connectivity index (χ2v) is 8.40. The third-order valence-corrected chi connectivity index (χ3v) is 6.37. The average molecular weight is 413 g/mol. The van der Waals surface area contributed by atoms with Crippen LogP contribution in [0.25, 0.3) is 5.57 Å². The molecule has 1 atom stereocenters. The lowest BCUT2D eigenvalue weighted by Gasteiger charge is -2.40. The van der Waals surface area contributed by atoms with Gasteiger partial charge < -0.3 is 9.80 Å². The number of rotatable bonds is 4. The minimum atomic E-state index is 0.422. The van der Waals surface area contributed by atoms with Crippen molar-refractivity contribution >= 4 is 17.7 Å². The highest BCUT2D eigenvalue weighted by atomic mass is 15.4. The van der Waals surface area contributed by atoms with Crippen LogP contribution in [0, 0.1) is 5.92 Å². The van der Waals surface area contributed by atoms with Crippen molar-refractivity contribution in [1.29, 1.82) is 0 Å². The van der Waals surface area contributed by atoms with Crippen molar-refractivity contribution in [2.45, 2.75) is 32.6 Å². The molecule has 1 unspecified atom stereocenters. The molecule has 160 valence electrons. The summed E-state index contributed by atoms with van der Waals surface area (Å²) in [5, 5.41) is 0. The molecule has 0 aromatic heterocycles. The number of aryl methyl sites for hydroxylation is 1. The lowest BCUT2D eigenvalue weighted by Crippen LogP contribution is -2.47. The van der Waals surface area contributed by atoms with Crippen molar-refractivity contribution < 1.29 is 0 Å². The number of guanidine groups is 1. The van der Waals surface area contributed by atoms with Crippen molar-refractivity contribution in [3.05, 3.63) is 89.9 Å². The number of hydrogen-bond donors (Lipinski definition) is 0. The van der Waals surface area contributed by atoms with Crippen molar-refractivity contribution in [2.24, 2.45) is 15.9 Å². The number of likely N-dealkylation sites (N-methyl/N-ethyl adjacent to an activating group) is 1. The van der Waals surface area contributed by atoms with Crippen LogP contribution in [0.5, 0.6) is 0 Å². The zero-order valence-corrected chi connectivity index (χ0v) is 18.7. The summed E-state index contributed by atoms with van der Waals surface area (Å²) in [5.41, 5.74) is 6.85. The molecule has 3 heterocycles. The Morgan fingerprint density at radius 3 is 2.81 bits per heavy atom. The lowest BCUT2D eigenvalue weighted by molar-refractivity contribution is 0.275. The standard InChI is InChI=1S/C27H32N4/c1-5-22-10-12-23(13-11-22)21(3)25-9-7-17-31(19-25)27-29-26(18-20(2)30(27)4)24-8-6-15-28-16-14-24/h8,10-16,18,25H,2-3,5-7,9,17,19H2,1,4H3. The topological polar surface area (TPSA) is 31.2 Å². The Bertz CT molecular complexity index is 1000. The van der Waals surface area contributed by atoms with E-state index in [9.17, 15) is 0 Å². The summed E-state index contributed by atoms with van der Waals surface area (Å²) in [5.74, 6) is 1.39. The third-order valence-electron chi connectivity index (χ3n) is 6.37. The van der Waals surface area contributed by atoms with Gasteiger partial charge in [-0.3, -0.25) is 4.99 Å². The van der Waals surface area contributed by atoms with E-state index in [-0.39, 0.29) is 0 Å². The Kier molecular flexibility index (Phi) is 6.36.